The normalized spacial score (nSPS) is 46.3. The van der Waals surface area contributed by atoms with Gasteiger partial charge >= 0.3 is 0 Å². The zero-order valence-corrected chi connectivity index (χ0v) is 26.4. The van der Waals surface area contributed by atoms with Gasteiger partial charge in [0, 0.05) is 55.8 Å². The SMILES string of the molecule is NC(=O)C1C(NC2CC(C3COC4C(=O)C=C(N5CCOCC5)OC43)CC3CNNC32)NC(N[C@H]2CCCC[C@H]2N)N2CNNC12. The van der Waals surface area contributed by atoms with Gasteiger partial charge in [-0.1, -0.05) is 12.8 Å². The van der Waals surface area contributed by atoms with E-state index in [1.54, 1.807) is 6.08 Å². The standard InChI is InChI=1S/C30H51N11O5/c31-18-3-1-2-4-19(18)36-30-37-28(23(27(32)43)29-39-34-14-41(29)30)35-20-10-15(9-16-12-33-38-24(16)20)17-13-45-26-21(42)11-22(46-25(17)26)40-5-7-44-8-6-40/h11,15-20,23-26,28-30,33-39H,1-10,12-14,31H2,(H2,32,43)/t15?,16?,17?,18-,19+,20?,23?,24?,25?,26?,28?,29?,30?/m1/s1. The summed E-state index contributed by atoms with van der Waals surface area (Å²) in [5.74, 6) is 0.453. The summed E-state index contributed by atoms with van der Waals surface area (Å²) < 4.78 is 18.2. The van der Waals surface area contributed by atoms with Gasteiger partial charge in [0.1, 0.15) is 12.4 Å². The molecule has 7 fully saturated rings. The molecule has 8 aliphatic rings. The van der Waals surface area contributed by atoms with Crippen molar-refractivity contribution in [2.24, 2.45) is 35.1 Å². The van der Waals surface area contributed by atoms with Crippen LogP contribution < -0.4 is 49.1 Å². The van der Waals surface area contributed by atoms with Gasteiger partial charge in [-0.05, 0) is 37.5 Å². The van der Waals surface area contributed by atoms with Gasteiger partial charge in [0.2, 0.25) is 5.91 Å². The highest BCUT2D eigenvalue weighted by Crippen LogP contribution is 2.43. The monoisotopic (exact) mass is 645 g/mol. The third kappa shape index (κ3) is 5.85. The van der Waals surface area contributed by atoms with Gasteiger partial charge in [-0.2, -0.15) is 0 Å². The number of ether oxygens (including phenoxy) is 3. The fourth-order valence-electron chi connectivity index (χ4n) is 9.38. The zero-order valence-electron chi connectivity index (χ0n) is 26.4. The molecule has 13 atom stereocenters. The largest absolute Gasteiger partial charge is 0.472 e. The summed E-state index contributed by atoms with van der Waals surface area (Å²) in [4.78, 5) is 30.5. The van der Waals surface area contributed by atoms with Crippen molar-refractivity contribution >= 4 is 11.7 Å². The Morgan fingerprint density at radius 1 is 1.02 bits per heavy atom. The van der Waals surface area contributed by atoms with Gasteiger partial charge in [0.15, 0.2) is 17.8 Å². The van der Waals surface area contributed by atoms with Gasteiger partial charge in [-0.15, -0.1) is 0 Å². The van der Waals surface area contributed by atoms with Crippen molar-refractivity contribution in [2.45, 2.75) is 93.5 Å². The molecule has 256 valence electrons. The minimum Gasteiger partial charge on any atom is -0.472 e. The number of fused-ring (bicyclic) bond motifs is 3. The minimum atomic E-state index is -0.567. The molecule has 0 bridgehead atoms. The lowest BCUT2D eigenvalue weighted by molar-refractivity contribution is -0.133. The molecule has 2 aliphatic carbocycles. The van der Waals surface area contributed by atoms with Crippen molar-refractivity contribution in [3.63, 3.8) is 0 Å². The third-order valence-electron chi connectivity index (χ3n) is 11.8. The Labute approximate surface area is 269 Å². The fraction of sp³-hybridized carbons (Fsp3) is 0.867. The lowest BCUT2D eigenvalue weighted by atomic mass is 9.69. The number of morpholine rings is 1. The first kappa shape index (κ1) is 31.3. The molecule has 8 rings (SSSR count). The molecule has 6 heterocycles. The van der Waals surface area contributed by atoms with Crippen LogP contribution in [0.3, 0.4) is 0 Å². The van der Waals surface area contributed by atoms with Crippen LogP contribution in [0.5, 0.6) is 0 Å². The van der Waals surface area contributed by atoms with Crippen molar-refractivity contribution in [3.8, 4) is 0 Å². The second-order valence-electron chi connectivity index (χ2n) is 14.4. The molecular weight excluding hydrogens is 594 g/mol. The second-order valence-corrected chi connectivity index (χ2v) is 14.4. The molecular formula is C30H51N11O5. The predicted octanol–water partition coefficient (Wildman–Crippen LogP) is -3.53. The summed E-state index contributed by atoms with van der Waals surface area (Å²) in [6.07, 6.45) is 6.05. The average molecular weight is 646 g/mol. The predicted molar refractivity (Wildman–Crippen MR) is 165 cm³/mol. The van der Waals surface area contributed by atoms with Crippen LogP contribution in [0.15, 0.2) is 12.0 Å². The van der Waals surface area contributed by atoms with Gasteiger partial charge in [0.25, 0.3) is 0 Å². The smallest absolute Gasteiger partial charge is 0.226 e. The number of nitrogens with two attached hydrogens (primary N) is 2. The van der Waals surface area contributed by atoms with E-state index in [0.717, 1.165) is 45.1 Å². The number of carbonyl (C=O) groups excluding carboxylic acids is 2. The Morgan fingerprint density at radius 3 is 2.70 bits per heavy atom. The van der Waals surface area contributed by atoms with E-state index in [2.05, 4.69) is 47.5 Å². The molecule has 46 heavy (non-hydrogen) atoms. The number of primary amides is 1. The van der Waals surface area contributed by atoms with Crippen molar-refractivity contribution in [1.82, 2.24) is 47.5 Å². The van der Waals surface area contributed by atoms with E-state index >= 15 is 0 Å². The van der Waals surface area contributed by atoms with Gasteiger partial charge in [-0.3, -0.25) is 36.4 Å². The quantitative estimate of drug-likeness (QED) is 0.132. The molecule has 1 amide bonds. The van der Waals surface area contributed by atoms with E-state index in [0.29, 0.717) is 51.4 Å². The highest BCUT2D eigenvalue weighted by molar-refractivity contribution is 5.95. The Balaban J connectivity index is 1.01. The first-order chi connectivity index (χ1) is 22.4. The number of nitrogens with zero attached hydrogens (tertiary/aromatic N) is 2. The van der Waals surface area contributed by atoms with E-state index in [1.165, 1.54) is 0 Å². The second kappa shape index (κ2) is 13.2. The number of hydrogen-bond acceptors (Lipinski definition) is 15. The minimum absolute atomic E-state index is 0.0121. The highest BCUT2D eigenvalue weighted by atomic mass is 16.6. The Kier molecular flexibility index (Phi) is 8.96. The molecule has 16 nitrogen and oxygen atoms in total. The number of rotatable bonds is 7. The summed E-state index contributed by atoms with van der Waals surface area (Å²) in [5, 5.41) is 11.4. The van der Waals surface area contributed by atoms with Crippen LogP contribution in [0.25, 0.3) is 0 Å². The molecule has 0 radical (unpaired) electrons. The molecule has 0 spiro atoms. The maximum Gasteiger partial charge on any atom is 0.226 e. The Bertz CT molecular complexity index is 1170. The zero-order chi connectivity index (χ0) is 31.4. The van der Waals surface area contributed by atoms with E-state index in [-0.39, 0.29) is 72.4 Å². The summed E-state index contributed by atoms with van der Waals surface area (Å²) in [6, 6.07) is 0.487. The lowest BCUT2D eigenvalue weighted by Gasteiger charge is -2.50. The summed E-state index contributed by atoms with van der Waals surface area (Å²) >= 11 is 0. The van der Waals surface area contributed by atoms with Crippen molar-refractivity contribution in [1.29, 1.82) is 0 Å². The van der Waals surface area contributed by atoms with Crippen molar-refractivity contribution in [3.05, 3.63) is 12.0 Å². The molecule has 5 saturated heterocycles. The highest BCUT2D eigenvalue weighted by Gasteiger charge is 2.54. The number of amides is 1. The van der Waals surface area contributed by atoms with Crippen molar-refractivity contribution < 1.29 is 23.8 Å². The van der Waals surface area contributed by atoms with Gasteiger partial charge in [-0.25, -0.2) is 15.8 Å². The molecule has 11 unspecified atom stereocenters. The summed E-state index contributed by atoms with van der Waals surface area (Å²) in [5.41, 5.74) is 26.1. The fourth-order valence-corrected chi connectivity index (χ4v) is 9.38. The van der Waals surface area contributed by atoms with Crippen LogP contribution in [0.4, 0.5) is 0 Å². The van der Waals surface area contributed by atoms with E-state index in [4.69, 9.17) is 25.7 Å². The molecule has 2 saturated carbocycles. The number of nitrogens with one attached hydrogen (secondary N) is 7. The van der Waals surface area contributed by atoms with Gasteiger partial charge < -0.3 is 30.6 Å². The number of carbonyl (C=O) groups is 2. The first-order valence-corrected chi connectivity index (χ1v) is 17.4. The molecule has 0 aromatic heterocycles. The third-order valence-corrected chi connectivity index (χ3v) is 11.8. The number of ketones is 1. The molecule has 0 aromatic carbocycles. The van der Waals surface area contributed by atoms with Gasteiger partial charge in [0.05, 0.1) is 44.7 Å². The van der Waals surface area contributed by atoms with Crippen LogP contribution in [0, 0.1) is 23.7 Å². The number of hydrazine groups is 2. The number of hydrogen-bond donors (Lipinski definition) is 9. The van der Waals surface area contributed by atoms with E-state index < -0.39 is 12.0 Å². The Hall–Kier alpha value is -1.96. The lowest BCUT2D eigenvalue weighted by Crippen LogP contribution is -2.77. The average Bonchev–Trinajstić information content (AvgIpc) is 3.83. The van der Waals surface area contributed by atoms with Crippen molar-refractivity contribution in [2.75, 3.05) is 46.1 Å². The maximum atomic E-state index is 13.2. The first-order valence-electron chi connectivity index (χ1n) is 17.4. The molecule has 6 aliphatic heterocycles. The van der Waals surface area contributed by atoms with E-state index in [1.807, 2.05) is 0 Å². The van der Waals surface area contributed by atoms with Crippen LogP contribution in [0.2, 0.25) is 0 Å². The summed E-state index contributed by atoms with van der Waals surface area (Å²) in [7, 11) is 0. The van der Waals surface area contributed by atoms with Crippen LogP contribution in [0.1, 0.15) is 38.5 Å². The van der Waals surface area contributed by atoms with Crippen LogP contribution >= 0.6 is 0 Å². The maximum absolute atomic E-state index is 13.2. The Morgan fingerprint density at radius 2 is 1.87 bits per heavy atom. The summed E-state index contributed by atoms with van der Waals surface area (Å²) in [6.45, 7) is 4.57. The topological polar surface area (TPSA) is 205 Å². The molecule has 0 aromatic rings. The molecule has 16 heteroatoms. The van der Waals surface area contributed by atoms with E-state index in [9.17, 15) is 9.59 Å². The molecule has 11 N–H and O–H groups in total. The van der Waals surface area contributed by atoms with Crippen LogP contribution in [-0.4, -0.2) is 123 Å². The van der Waals surface area contributed by atoms with Crippen LogP contribution in [-0.2, 0) is 23.8 Å².